The van der Waals surface area contributed by atoms with Crippen LogP contribution in [0.3, 0.4) is 0 Å². The average Bonchev–Trinajstić information content (AvgIpc) is 3.37. The highest BCUT2D eigenvalue weighted by Gasteiger charge is 2.43. The minimum atomic E-state index is -3.74. The summed E-state index contributed by atoms with van der Waals surface area (Å²) in [6.45, 7) is 1.76. The molecule has 1 aromatic carbocycles. The third kappa shape index (κ3) is 4.52. The molecule has 0 spiro atoms. The van der Waals surface area contributed by atoms with Gasteiger partial charge in [-0.1, -0.05) is 11.8 Å². The molecule has 0 unspecified atom stereocenters. The summed E-state index contributed by atoms with van der Waals surface area (Å²) in [5.74, 6) is 11.3. The van der Waals surface area contributed by atoms with Gasteiger partial charge in [0.1, 0.15) is 0 Å². The van der Waals surface area contributed by atoms with Crippen LogP contribution in [0.4, 0.5) is 0 Å². The number of amides is 1. The van der Waals surface area contributed by atoms with Gasteiger partial charge in [0, 0.05) is 48.0 Å². The molecule has 1 saturated carbocycles. The Kier molecular flexibility index (Phi) is 6.23. The monoisotopic (exact) mass is 428 g/mol. The van der Waals surface area contributed by atoms with Gasteiger partial charge in [0.25, 0.3) is 5.91 Å². The number of hydroxylamine groups is 1. The van der Waals surface area contributed by atoms with Crippen molar-refractivity contribution in [2.45, 2.75) is 31.1 Å². The molecule has 2 aromatic rings. The Balaban J connectivity index is 1.74. The zero-order chi connectivity index (χ0) is 21.9. The van der Waals surface area contributed by atoms with Crippen LogP contribution in [0.25, 0.3) is 10.9 Å². The second kappa shape index (κ2) is 8.53. The molecule has 0 aliphatic heterocycles. The number of aryl methyl sites for hydroxylation is 1. The maximum Gasteiger partial charge on any atom is 0.264 e. The van der Waals surface area contributed by atoms with Crippen LogP contribution in [0.2, 0.25) is 0 Å². The lowest BCUT2D eigenvalue weighted by Crippen LogP contribution is -2.49. The molecular formula is C22H24N2O5S. The lowest BCUT2D eigenvalue weighted by atomic mass is 10.1. The highest BCUT2D eigenvalue weighted by molar-refractivity contribution is 7.92. The van der Waals surface area contributed by atoms with Gasteiger partial charge in [-0.05, 0) is 61.8 Å². The van der Waals surface area contributed by atoms with Crippen LogP contribution in [-0.4, -0.2) is 46.8 Å². The second-order valence-electron chi connectivity index (χ2n) is 7.78. The Morgan fingerprint density at radius 2 is 2.10 bits per heavy atom. The Morgan fingerprint density at radius 1 is 1.33 bits per heavy atom. The number of nitrogens with zero attached hydrogens (tertiary/aromatic N) is 1. The molecule has 1 aliphatic rings. The lowest BCUT2D eigenvalue weighted by molar-refractivity contribution is -0.131. The van der Waals surface area contributed by atoms with Crippen molar-refractivity contribution in [3.8, 4) is 23.7 Å². The first-order chi connectivity index (χ1) is 14.2. The van der Waals surface area contributed by atoms with E-state index in [1.807, 2.05) is 35.0 Å². The second-order valence-corrected chi connectivity index (χ2v) is 10.2. The summed E-state index contributed by atoms with van der Waals surface area (Å²) in [5, 5.41) is 18.9. The van der Waals surface area contributed by atoms with E-state index in [4.69, 9.17) is 10.3 Å². The van der Waals surface area contributed by atoms with Crippen LogP contribution in [-0.2, 0) is 21.2 Å². The number of aromatic nitrogens is 1. The number of hydrogen-bond donors (Lipinski definition) is 3. The number of rotatable bonds is 6. The van der Waals surface area contributed by atoms with Crippen LogP contribution in [0.15, 0.2) is 30.5 Å². The van der Waals surface area contributed by atoms with E-state index < -0.39 is 20.5 Å². The minimum Gasteiger partial charge on any atom is -0.396 e. The van der Waals surface area contributed by atoms with Gasteiger partial charge in [-0.15, -0.1) is 0 Å². The molecule has 8 heteroatoms. The fourth-order valence-corrected chi connectivity index (χ4v) is 4.10. The Labute approximate surface area is 176 Å². The van der Waals surface area contributed by atoms with Crippen LogP contribution in [0, 0.1) is 35.5 Å². The van der Waals surface area contributed by atoms with E-state index in [2.05, 4.69) is 23.7 Å². The van der Waals surface area contributed by atoms with Crippen molar-refractivity contribution in [2.24, 2.45) is 11.8 Å². The number of aliphatic hydroxyl groups is 1. The predicted molar refractivity (Wildman–Crippen MR) is 113 cm³/mol. The molecular weight excluding hydrogens is 404 g/mol. The molecule has 3 atom stereocenters. The van der Waals surface area contributed by atoms with E-state index in [-0.39, 0.29) is 25.5 Å². The first-order valence-corrected chi connectivity index (χ1v) is 11.4. The van der Waals surface area contributed by atoms with Crippen molar-refractivity contribution in [1.82, 2.24) is 10.0 Å². The highest BCUT2D eigenvalue weighted by Crippen LogP contribution is 2.36. The van der Waals surface area contributed by atoms with Crippen molar-refractivity contribution < 1.29 is 23.5 Å². The average molecular weight is 429 g/mol. The lowest BCUT2D eigenvalue weighted by Gasteiger charge is -2.25. The Bertz CT molecular complexity index is 1190. The van der Waals surface area contributed by atoms with Crippen molar-refractivity contribution in [2.75, 3.05) is 12.9 Å². The largest absolute Gasteiger partial charge is 0.396 e. The molecule has 3 rings (SSSR count). The summed E-state index contributed by atoms with van der Waals surface area (Å²) >= 11 is 0. The zero-order valence-corrected chi connectivity index (χ0v) is 17.7. The topological polar surface area (TPSA) is 109 Å². The van der Waals surface area contributed by atoms with Gasteiger partial charge in [-0.2, -0.15) is 0 Å². The number of sulfone groups is 1. The van der Waals surface area contributed by atoms with Crippen molar-refractivity contribution in [3.63, 3.8) is 0 Å². The number of hydrogen-bond acceptors (Lipinski definition) is 5. The molecule has 1 fully saturated rings. The van der Waals surface area contributed by atoms with Gasteiger partial charge < -0.3 is 9.67 Å². The molecule has 0 radical (unpaired) electrons. The molecule has 3 N–H and O–H groups in total. The SMILES string of the molecule is C[C@@](CCn1ccc2cc(C#CC#C[C@H]3C[C@@H]3CO)ccc21)(C(=O)NO)S(C)(=O)=O. The van der Waals surface area contributed by atoms with Gasteiger partial charge in [-0.25, -0.2) is 13.9 Å². The van der Waals surface area contributed by atoms with Gasteiger partial charge in [-0.3, -0.25) is 10.0 Å². The molecule has 158 valence electrons. The van der Waals surface area contributed by atoms with Gasteiger partial charge in [0.05, 0.1) is 0 Å². The minimum absolute atomic E-state index is 0.00908. The van der Waals surface area contributed by atoms with Crippen molar-refractivity contribution >= 4 is 26.6 Å². The number of fused-ring (bicyclic) bond motifs is 1. The third-order valence-corrected chi connectivity index (χ3v) is 7.71. The van der Waals surface area contributed by atoms with E-state index in [1.54, 1.807) is 0 Å². The summed E-state index contributed by atoms with van der Waals surface area (Å²) in [7, 11) is -3.74. The van der Waals surface area contributed by atoms with E-state index in [1.165, 1.54) is 12.4 Å². The van der Waals surface area contributed by atoms with E-state index in [0.717, 1.165) is 29.1 Å². The van der Waals surface area contributed by atoms with E-state index in [9.17, 15) is 13.2 Å². The number of aliphatic hydroxyl groups excluding tert-OH is 1. The van der Waals surface area contributed by atoms with Gasteiger partial charge >= 0.3 is 0 Å². The first-order valence-electron chi connectivity index (χ1n) is 9.55. The number of carbonyl (C=O) groups is 1. The van der Waals surface area contributed by atoms with Crippen LogP contribution < -0.4 is 5.48 Å². The molecule has 7 nitrogen and oxygen atoms in total. The molecule has 1 amide bonds. The number of carbonyl (C=O) groups excluding carboxylic acids is 1. The quantitative estimate of drug-likeness (QED) is 0.365. The number of benzene rings is 1. The van der Waals surface area contributed by atoms with Crippen LogP contribution in [0.1, 0.15) is 25.3 Å². The third-order valence-electron chi connectivity index (χ3n) is 5.69. The standard InChI is InChI=1S/C22H24N2O5S/c1-22(21(26)23-27,30(2,28)29)10-12-24-11-9-18-13-16(7-8-20(18)24)5-3-4-6-17-14-19(17)15-25/h7-9,11,13,17,19,25,27H,10,12,14-15H2,1-2H3,(H,23,26)/t17-,19+,22+/m0/s1. The van der Waals surface area contributed by atoms with Gasteiger partial charge in [0.2, 0.25) is 0 Å². The fourth-order valence-electron chi connectivity index (χ4n) is 3.25. The van der Waals surface area contributed by atoms with Crippen molar-refractivity contribution in [3.05, 3.63) is 36.0 Å². The molecule has 30 heavy (non-hydrogen) atoms. The highest BCUT2D eigenvalue weighted by atomic mass is 32.2. The normalized spacial score (nSPS) is 19.7. The fraction of sp³-hybridized carbons (Fsp3) is 0.409. The van der Waals surface area contributed by atoms with E-state index >= 15 is 0 Å². The predicted octanol–water partition coefficient (Wildman–Crippen LogP) is 1.32. The van der Waals surface area contributed by atoms with Crippen LogP contribution >= 0.6 is 0 Å². The Hall–Kier alpha value is -2.78. The first kappa shape index (κ1) is 21.9. The zero-order valence-electron chi connectivity index (χ0n) is 16.8. The summed E-state index contributed by atoms with van der Waals surface area (Å²) in [4.78, 5) is 12.0. The molecule has 1 heterocycles. The maximum atomic E-state index is 12.1. The van der Waals surface area contributed by atoms with E-state index in [0.29, 0.717) is 5.92 Å². The molecule has 0 saturated heterocycles. The number of nitrogens with one attached hydrogen (secondary N) is 1. The summed E-state index contributed by atoms with van der Waals surface area (Å²) in [6.07, 6.45) is 3.75. The van der Waals surface area contributed by atoms with Gasteiger partial charge in [0.15, 0.2) is 14.6 Å². The Morgan fingerprint density at radius 3 is 2.73 bits per heavy atom. The van der Waals surface area contributed by atoms with Crippen molar-refractivity contribution in [1.29, 1.82) is 0 Å². The molecule has 0 bridgehead atoms. The summed E-state index contributed by atoms with van der Waals surface area (Å²) in [6, 6.07) is 7.56. The molecule has 1 aliphatic carbocycles. The molecule has 1 aromatic heterocycles. The summed E-state index contributed by atoms with van der Waals surface area (Å²) in [5.41, 5.74) is 3.16. The smallest absolute Gasteiger partial charge is 0.264 e. The maximum absolute atomic E-state index is 12.1. The van der Waals surface area contributed by atoms with Crippen LogP contribution in [0.5, 0.6) is 0 Å². The summed E-state index contributed by atoms with van der Waals surface area (Å²) < 4.78 is 24.3.